The number of amides is 1. The van der Waals surface area contributed by atoms with Crippen molar-refractivity contribution in [2.24, 2.45) is 0 Å². The zero-order valence-corrected chi connectivity index (χ0v) is 22.4. The number of hydrogen-bond donors (Lipinski definition) is 1. The summed E-state index contributed by atoms with van der Waals surface area (Å²) < 4.78 is 12.0. The molecule has 1 saturated heterocycles. The van der Waals surface area contributed by atoms with Gasteiger partial charge in [-0.1, -0.05) is 42.0 Å². The first kappa shape index (κ1) is 25.9. The lowest BCUT2D eigenvalue weighted by molar-refractivity contribution is -0.140. The molecule has 1 heterocycles. The Morgan fingerprint density at radius 3 is 2.42 bits per heavy atom. The summed E-state index contributed by atoms with van der Waals surface area (Å²) in [4.78, 5) is 27.6. The van der Waals surface area contributed by atoms with Gasteiger partial charge in [0.25, 0.3) is 11.7 Å². The predicted octanol–water partition coefficient (Wildman–Crippen LogP) is 5.64. The molecular formula is C29H28INO5. The second-order valence-electron chi connectivity index (χ2n) is 8.69. The molecule has 186 valence electrons. The molecule has 7 heteroatoms. The van der Waals surface area contributed by atoms with Gasteiger partial charge >= 0.3 is 0 Å². The van der Waals surface area contributed by atoms with Gasteiger partial charge in [0, 0.05) is 29.4 Å². The van der Waals surface area contributed by atoms with Crippen LogP contribution in [0.2, 0.25) is 0 Å². The molecule has 1 unspecified atom stereocenters. The van der Waals surface area contributed by atoms with Gasteiger partial charge in [-0.05, 0) is 83.5 Å². The van der Waals surface area contributed by atoms with Crippen LogP contribution < -0.4 is 4.74 Å². The smallest absolute Gasteiger partial charge is 0.295 e. The molecule has 1 aliphatic heterocycles. The second-order valence-corrected chi connectivity index (χ2v) is 9.94. The molecule has 0 bridgehead atoms. The molecule has 4 rings (SSSR count). The van der Waals surface area contributed by atoms with Crippen molar-refractivity contribution in [2.45, 2.75) is 26.0 Å². The zero-order chi connectivity index (χ0) is 25.7. The quantitative estimate of drug-likeness (QED) is 0.114. The molecule has 1 atom stereocenters. The number of aliphatic hydroxyl groups is 1. The van der Waals surface area contributed by atoms with Crippen molar-refractivity contribution in [2.75, 3.05) is 20.3 Å². The topological polar surface area (TPSA) is 76.1 Å². The molecule has 36 heavy (non-hydrogen) atoms. The maximum absolute atomic E-state index is 13.1. The summed E-state index contributed by atoms with van der Waals surface area (Å²) in [5.41, 5.74) is 3.54. The van der Waals surface area contributed by atoms with Gasteiger partial charge in [0.2, 0.25) is 0 Å². The molecule has 0 saturated carbocycles. The molecule has 0 aromatic heterocycles. The first-order valence-corrected chi connectivity index (χ1v) is 12.8. The fourth-order valence-corrected chi connectivity index (χ4v) is 4.67. The van der Waals surface area contributed by atoms with Crippen LogP contribution in [0.15, 0.2) is 78.4 Å². The Morgan fingerprint density at radius 1 is 1.03 bits per heavy atom. The Balaban J connectivity index is 1.62. The number of methoxy groups -OCH3 is 1. The van der Waals surface area contributed by atoms with Crippen LogP contribution in [-0.4, -0.2) is 42.0 Å². The standard InChI is InChI=1S/C29H28INO5/c1-19-5-3-6-20(17-19)18-36-24-13-9-22(10-14-24)27(32)25-26(21-7-11-23(30)12-8-21)31(15-4-16-35-2)29(34)28(25)33/h3,5-14,17,26,32H,4,15-16,18H2,1-2H3/b27-25+. The largest absolute Gasteiger partial charge is 0.507 e. The SMILES string of the molecule is COCCCN1C(=O)C(=O)/C(=C(/O)c2ccc(OCc3cccc(C)c3)cc2)C1c1ccc(I)cc1. The summed E-state index contributed by atoms with van der Waals surface area (Å²) >= 11 is 2.21. The lowest BCUT2D eigenvalue weighted by atomic mass is 9.95. The Bertz CT molecular complexity index is 1270. The molecule has 1 fully saturated rings. The number of carbonyl (C=O) groups excluding carboxylic acids is 2. The van der Waals surface area contributed by atoms with Crippen LogP contribution in [0.4, 0.5) is 0 Å². The Labute approximate surface area is 224 Å². The number of hydrogen-bond acceptors (Lipinski definition) is 5. The molecule has 3 aromatic carbocycles. The van der Waals surface area contributed by atoms with Gasteiger partial charge in [-0.3, -0.25) is 9.59 Å². The van der Waals surface area contributed by atoms with Crippen molar-refractivity contribution >= 4 is 40.0 Å². The molecule has 3 aromatic rings. The fourth-order valence-electron chi connectivity index (χ4n) is 4.31. The normalized spacial score (nSPS) is 17.0. The van der Waals surface area contributed by atoms with Crippen molar-refractivity contribution in [3.8, 4) is 5.75 Å². The Morgan fingerprint density at radius 2 is 1.75 bits per heavy atom. The van der Waals surface area contributed by atoms with E-state index >= 15 is 0 Å². The number of carbonyl (C=O) groups is 2. The van der Waals surface area contributed by atoms with E-state index in [1.54, 1.807) is 31.4 Å². The third kappa shape index (κ3) is 5.79. The van der Waals surface area contributed by atoms with E-state index in [9.17, 15) is 14.7 Å². The molecule has 1 amide bonds. The van der Waals surface area contributed by atoms with E-state index in [0.717, 1.165) is 20.3 Å². The molecular weight excluding hydrogens is 569 g/mol. The number of benzene rings is 3. The lowest BCUT2D eigenvalue weighted by Gasteiger charge is -2.25. The van der Waals surface area contributed by atoms with Crippen molar-refractivity contribution in [3.63, 3.8) is 0 Å². The third-order valence-corrected chi connectivity index (χ3v) is 6.81. The zero-order valence-electron chi connectivity index (χ0n) is 20.2. The van der Waals surface area contributed by atoms with Crippen LogP contribution in [0.5, 0.6) is 5.75 Å². The minimum atomic E-state index is -0.687. The van der Waals surface area contributed by atoms with Crippen LogP contribution in [0.25, 0.3) is 5.76 Å². The van der Waals surface area contributed by atoms with Crippen molar-refractivity contribution in [1.29, 1.82) is 0 Å². The van der Waals surface area contributed by atoms with E-state index in [4.69, 9.17) is 9.47 Å². The van der Waals surface area contributed by atoms with Crippen molar-refractivity contribution < 1.29 is 24.2 Å². The minimum absolute atomic E-state index is 0.0899. The summed E-state index contributed by atoms with van der Waals surface area (Å²) in [5, 5.41) is 11.2. The number of likely N-dealkylation sites (tertiary alicyclic amines) is 1. The van der Waals surface area contributed by atoms with Gasteiger partial charge in [0.1, 0.15) is 18.1 Å². The highest BCUT2D eigenvalue weighted by Gasteiger charge is 2.45. The van der Waals surface area contributed by atoms with Gasteiger partial charge in [0.15, 0.2) is 0 Å². The predicted molar refractivity (Wildman–Crippen MR) is 147 cm³/mol. The van der Waals surface area contributed by atoms with Gasteiger partial charge in [0.05, 0.1) is 11.6 Å². The maximum atomic E-state index is 13.1. The second kappa shape index (κ2) is 11.7. The number of nitrogens with zero attached hydrogens (tertiary/aromatic N) is 1. The number of aryl methyl sites for hydroxylation is 1. The number of Topliss-reactive ketones (excluding diaryl/α,β-unsaturated/α-hetero) is 1. The molecule has 1 aliphatic rings. The third-order valence-electron chi connectivity index (χ3n) is 6.09. The number of ether oxygens (including phenoxy) is 2. The summed E-state index contributed by atoms with van der Waals surface area (Å²) in [7, 11) is 1.60. The average Bonchev–Trinajstić information content (AvgIpc) is 3.13. The summed E-state index contributed by atoms with van der Waals surface area (Å²) in [6.45, 7) is 3.27. The maximum Gasteiger partial charge on any atom is 0.295 e. The van der Waals surface area contributed by atoms with Crippen molar-refractivity contribution in [1.82, 2.24) is 4.90 Å². The van der Waals surface area contributed by atoms with Crippen LogP contribution >= 0.6 is 22.6 Å². The average molecular weight is 597 g/mol. The first-order valence-electron chi connectivity index (χ1n) is 11.7. The molecule has 0 aliphatic carbocycles. The van der Waals surface area contributed by atoms with E-state index in [1.807, 2.05) is 49.4 Å². The summed E-state index contributed by atoms with van der Waals surface area (Å²) in [6, 6.07) is 21.9. The number of rotatable bonds is 9. The van der Waals surface area contributed by atoms with Crippen molar-refractivity contribution in [3.05, 3.63) is 104 Å². The molecule has 6 nitrogen and oxygen atoms in total. The van der Waals surface area contributed by atoms with Gasteiger partial charge in [-0.25, -0.2) is 0 Å². The number of halogens is 1. The Kier molecular flexibility index (Phi) is 8.43. The van der Waals surface area contributed by atoms with Crippen LogP contribution in [-0.2, 0) is 20.9 Å². The van der Waals surface area contributed by atoms with E-state index in [0.29, 0.717) is 37.5 Å². The van der Waals surface area contributed by atoms with E-state index in [2.05, 4.69) is 28.7 Å². The van der Waals surface area contributed by atoms with Crippen LogP contribution in [0, 0.1) is 10.5 Å². The van der Waals surface area contributed by atoms with E-state index in [1.165, 1.54) is 4.90 Å². The van der Waals surface area contributed by atoms with E-state index in [-0.39, 0.29) is 11.3 Å². The number of ketones is 1. The van der Waals surface area contributed by atoms with Gasteiger partial charge in [-0.15, -0.1) is 0 Å². The van der Waals surface area contributed by atoms with Crippen LogP contribution in [0.3, 0.4) is 0 Å². The molecule has 0 spiro atoms. The highest BCUT2D eigenvalue weighted by Crippen LogP contribution is 2.39. The van der Waals surface area contributed by atoms with Gasteiger partial charge in [-0.2, -0.15) is 0 Å². The van der Waals surface area contributed by atoms with Crippen LogP contribution in [0.1, 0.15) is 34.7 Å². The monoisotopic (exact) mass is 597 g/mol. The molecule has 1 N–H and O–H groups in total. The number of aliphatic hydroxyl groups excluding tert-OH is 1. The summed E-state index contributed by atoms with van der Waals surface area (Å²) in [5.74, 6) is -0.860. The van der Waals surface area contributed by atoms with E-state index < -0.39 is 17.7 Å². The highest BCUT2D eigenvalue weighted by molar-refractivity contribution is 14.1. The fraction of sp³-hybridized carbons (Fsp3) is 0.241. The first-order chi connectivity index (χ1) is 17.4. The Hall–Kier alpha value is -3.17. The summed E-state index contributed by atoms with van der Waals surface area (Å²) in [6.07, 6.45) is 0.581. The van der Waals surface area contributed by atoms with Gasteiger partial charge < -0.3 is 19.5 Å². The minimum Gasteiger partial charge on any atom is -0.507 e. The lowest BCUT2D eigenvalue weighted by Crippen LogP contribution is -2.31. The highest BCUT2D eigenvalue weighted by atomic mass is 127. The molecule has 0 radical (unpaired) electrons.